The number of hydrogen-bond donors (Lipinski definition) is 2. The van der Waals surface area contributed by atoms with Crippen molar-refractivity contribution in [3.8, 4) is 5.69 Å². The second-order valence-corrected chi connectivity index (χ2v) is 12.3. The molecule has 0 aliphatic carbocycles. The summed E-state index contributed by atoms with van der Waals surface area (Å²) in [7, 11) is 0. The van der Waals surface area contributed by atoms with E-state index in [0.717, 1.165) is 50.5 Å². The van der Waals surface area contributed by atoms with Crippen LogP contribution in [0.25, 0.3) is 54.8 Å². The summed E-state index contributed by atoms with van der Waals surface area (Å²) in [5.74, 6) is 2.34. The number of furan rings is 1. The summed E-state index contributed by atoms with van der Waals surface area (Å²) in [6, 6.07) is 48.8. The normalized spacial score (nSPS) is 15.9. The largest absolute Gasteiger partial charge is 0.458 e. The molecule has 228 valence electrons. The second kappa shape index (κ2) is 10.6. The third-order valence-corrected chi connectivity index (χ3v) is 9.47. The van der Waals surface area contributed by atoms with E-state index >= 15 is 0 Å². The molecule has 0 saturated carbocycles. The summed E-state index contributed by atoms with van der Waals surface area (Å²) < 4.78 is 8.99. The summed E-state index contributed by atoms with van der Waals surface area (Å²) in [5, 5.41) is 13.1. The smallest absolute Gasteiger partial charge is 0.159 e. The van der Waals surface area contributed by atoms with Crippen molar-refractivity contribution in [3.63, 3.8) is 0 Å². The van der Waals surface area contributed by atoms with E-state index < -0.39 is 0 Å². The Morgan fingerprint density at radius 2 is 1.42 bits per heavy atom. The molecule has 0 radical (unpaired) electrons. The number of nitrogens with one attached hydrogen (secondary N) is 2. The summed E-state index contributed by atoms with van der Waals surface area (Å²) >= 11 is 0. The van der Waals surface area contributed by atoms with Crippen LogP contribution in [0, 0.1) is 0 Å². The predicted molar refractivity (Wildman–Crippen MR) is 196 cm³/mol. The van der Waals surface area contributed by atoms with Crippen LogP contribution in [-0.4, -0.2) is 16.2 Å². The Labute approximate surface area is 276 Å². The SMILES string of the molecule is C1=C(C2=NC(c3ccccc3)=NC(c3ccccc3)N2)c2c(oc3cc(-n4c5ccccc5c5cc6ccccc6cc54)ccc23)CN1. The number of amidine groups is 2. The monoisotopic (exact) mass is 619 g/mol. The van der Waals surface area contributed by atoms with E-state index in [1.165, 1.54) is 32.6 Å². The topological polar surface area (TPSA) is 66.8 Å². The van der Waals surface area contributed by atoms with E-state index in [1.54, 1.807) is 0 Å². The highest BCUT2D eigenvalue weighted by Crippen LogP contribution is 2.39. The highest BCUT2D eigenvalue weighted by Gasteiger charge is 2.29. The van der Waals surface area contributed by atoms with Crippen molar-refractivity contribution in [1.29, 1.82) is 0 Å². The molecule has 2 aliphatic heterocycles. The minimum atomic E-state index is -0.281. The fraction of sp³-hybridized carbons (Fsp3) is 0.0476. The Morgan fingerprint density at radius 3 is 2.27 bits per heavy atom. The summed E-state index contributed by atoms with van der Waals surface area (Å²) in [6.45, 7) is 0.596. The lowest BCUT2D eigenvalue weighted by Crippen LogP contribution is -2.35. The first-order valence-corrected chi connectivity index (χ1v) is 16.2. The molecule has 0 spiro atoms. The van der Waals surface area contributed by atoms with E-state index in [9.17, 15) is 0 Å². The highest BCUT2D eigenvalue weighted by molar-refractivity contribution is 6.30. The molecule has 6 nitrogen and oxygen atoms in total. The van der Waals surface area contributed by atoms with Gasteiger partial charge in [-0.25, -0.2) is 9.98 Å². The Kier molecular flexibility index (Phi) is 5.90. The fourth-order valence-electron chi connectivity index (χ4n) is 7.24. The third kappa shape index (κ3) is 4.19. The summed E-state index contributed by atoms with van der Waals surface area (Å²) in [5.41, 5.74) is 8.29. The first-order chi connectivity index (χ1) is 23.8. The zero-order valence-electron chi connectivity index (χ0n) is 25.9. The summed E-state index contributed by atoms with van der Waals surface area (Å²) in [6.07, 6.45) is 1.77. The van der Waals surface area contributed by atoms with Crippen LogP contribution in [0.3, 0.4) is 0 Å². The number of rotatable bonds is 4. The average Bonchev–Trinajstić information content (AvgIpc) is 3.69. The minimum Gasteiger partial charge on any atom is -0.458 e. The quantitative estimate of drug-likeness (QED) is 0.206. The Morgan fingerprint density at radius 1 is 0.667 bits per heavy atom. The van der Waals surface area contributed by atoms with Crippen LogP contribution in [0.4, 0.5) is 0 Å². The number of fused-ring (bicyclic) bond motifs is 7. The molecule has 4 heterocycles. The highest BCUT2D eigenvalue weighted by atomic mass is 16.3. The van der Waals surface area contributed by atoms with Crippen molar-refractivity contribution in [3.05, 3.63) is 168 Å². The Hall–Kier alpha value is -6.40. The first-order valence-electron chi connectivity index (χ1n) is 16.2. The maximum absolute atomic E-state index is 6.64. The lowest BCUT2D eigenvalue weighted by molar-refractivity contribution is 0.531. The molecule has 10 rings (SSSR count). The van der Waals surface area contributed by atoms with E-state index in [-0.39, 0.29) is 6.17 Å². The maximum atomic E-state index is 6.64. The molecule has 0 saturated heterocycles. The fourth-order valence-corrected chi connectivity index (χ4v) is 7.24. The molecule has 1 atom stereocenters. The van der Waals surface area contributed by atoms with Gasteiger partial charge < -0.3 is 19.6 Å². The van der Waals surface area contributed by atoms with Gasteiger partial charge in [-0.05, 0) is 46.7 Å². The zero-order chi connectivity index (χ0) is 31.6. The molecule has 2 aromatic heterocycles. The molecule has 8 aromatic rings. The number of hydrogen-bond acceptors (Lipinski definition) is 5. The molecule has 0 amide bonds. The molecular weight excluding hydrogens is 590 g/mol. The van der Waals surface area contributed by atoms with Crippen LogP contribution in [-0.2, 0) is 6.54 Å². The summed E-state index contributed by atoms with van der Waals surface area (Å²) in [4.78, 5) is 10.1. The van der Waals surface area contributed by atoms with E-state index in [2.05, 4.69) is 118 Å². The van der Waals surface area contributed by atoms with Gasteiger partial charge in [-0.2, -0.15) is 0 Å². The maximum Gasteiger partial charge on any atom is 0.159 e. The van der Waals surface area contributed by atoms with Gasteiger partial charge in [-0.15, -0.1) is 0 Å². The second-order valence-electron chi connectivity index (χ2n) is 12.3. The van der Waals surface area contributed by atoms with Crippen LogP contribution in [0.1, 0.15) is 28.6 Å². The van der Waals surface area contributed by atoms with Gasteiger partial charge in [0.1, 0.15) is 23.3 Å². The molecule has 0 bridgehead atoms. The van der Waals surface area contributed by atoms with Gasteiger partial charge in [-0.3, -0.25) is 0 Å². The van der Waals surface area contributed by atoms with Gasteiger partial charge in [-0.1, -0.05) is 103 Å². The predicted octanol–water partition coefficient (Wildman–Crippen LogP) is 9.27. The van der Waals surface area contributed by atoms with Crippen molar-refractivity contribution in [2.45, 2.75) is 12.7 Å². The van der Waals surface area contributed by atoms with Crippen molar-refractivity contribution < 1.29 is 4.42 Å². The molecule has 0 fully saturated rings. The Bertz CT molecular complexity index is 2640. The number of para-hydroxylation sites is 1. The first kappa shape index (κ1) is 26.8. The number of nitrogens with zero attached hydrogens (tertiary/aromatic N) is 3. The number of aromatic nitrogens is 1. The van der Waals surface area contributed by atoms with E-state index in [1.807, 2.05) is 42.6 Å². The standard InChI is InChI=1S/C42H29N5O/c1-3-11-26(12-4-1)40-44-41(27-13-5-2-6-14-27)46-42(45-40)34-24-43-25-38-39(34)32-20-19-30(23-37(32)48-38)47-35-18-10-9-17-31(35)33-21-28-15-7-8-16-29(28)22-36(33)47/h1-24,40,43H,25H2,(H,44,45,46). The van der Waals surface area contributed by atoms with Crippen molar-refractivity contribution in [2.24, 2.45) is 9.98 Å². The van der Waals surface area contributed by atoms with Gasteiger partial charge in [0, 0.05) is 50.8 Å². The van der Waals surface area contributed by atoms with Gasteiger partial charge >= 0.3 is 0 Å². The van der Waals surface area contributed by atoms with Crippen molar-refractivity contribution >= 4 is 60.8 Å². The molecule has 6 heteroatoms. The van der Waals surface area contributed by atoms with Gasteiger partial charge in [0.25, 0.3) is 0 Å². The third-order valence-electron chi connectivity index (χ3n) is 9.47. The molecular formula is C42H29N5O. The lowest BCUT2D eigenvalue weighted by Gasteiger charge is -2.26. The number of benzene rings is 6. The van der Waals surface area contributed by atoms with E-state index in [4.69, 9.17) is 14.4 Å². The van der Waals surface area contributed by atoms with Gasteiger partial charge in [0.2, 0.25) is 0 Å². The number of aliphatic imine (C=N–C) groups is 2. The van der Waals surface area contributed by atoms with Crippen LogP contribution in [0.5, 0.6) is 0 Å². The molecule has 2 N–H and O–H groups in total. The molecule has 48 heavy (non-hydrogen) atoms. The van der Waals surface area contributed by atoms with Crippen molar-refractivity contribution in [2.75, 3.05) is 0 Å². The van der Waals surface area contributed by atoms with Gasteiger partial charge in [0.05, 0.1) is 17.6 Å². The van der Waals surface area contributed by atoms with Crippen LogP contribution >= 0.6 is 0 Å². The molecule has 1 unspecified atom stereocenters. The van der Waals surface area contributed by atoms with Gasteiger partial charge in [0.15, 0.2) is 5.84 Å². The molecule has 6 aromatic carbocycles. The average molecular weight is 620 g/mol. The van der Waals surface area contributed by atoms with Crippen molar-refractivity contribution in [1.82, 2.24) is 15.2 Å². The zero-order valence-corrected chi connectivity index (χ0v) is 25.9. The van der Waals surface area contributed by atoms with E-state index in [0.29, 0.717) is 12.4 Å². The molecule has 2 aliphatic rings. The Balaban J connectivity index is 1.12. The van der Waals surface area contributed by atoms with Crippen LogP contribution < -0.4 is 10.6 Å². The van der Waals surface area contributed by atoms with Crippen LogP contribution in [0.2, 0.25) is 0 Å². The minimum absolute atomic E-state index is 0.281. The lowest BCUT2D eigenvalue weighted by atomic mass is 9.98. The van der Waals surface area contributed by atoms with Crippen LogP contribution in [0.15, 0.2) is 160 Å².